The summed E-state index contributed by atoms with van der Waals surface area (Å²) in [5, 5.41) is 8.03. The minimum absolute atomic E-state index is 0.0436. The molecule has 0 bridgehead atoms. The van der Waals surface area contributed by atoms with E-state index in [9.17, 15) is 13.6 Å². The van der Waals surface area contributed by atoms with Gasteiger partial charge in [-0.2, -0.15) is 10.2 Å². The van der Waals surface area contributed by atoms with Gasteiger partial charge >= 0.3 is 0 Å². The van der Waals surface area contributed by atoms with E-state index in [4.69, 9.17) is 0 Å². The summed E-state index contributed by atoms with van der Waals surface area (Å²) < 4.78 is 26.9. The highest BCUT2D eigenvalue weighted by Crippen LogP contribution is 2.38. The molecular weight excluding hydrogens is 344 g/mol. The number of thioether (sulfide) groups is 1. The number of carbonyl (C=O) groups is 1. The van der Waals surface area contributed by atoms with Gasteiger partial charge in [-0.15, -0.1) is 11.8 Å². The molecule has 1 saturated heterocycles. The molecule has 1 amide bonds. The van der Waals surface area contributed by atoms with Gasteiger partial charge in [0, 0.05) is 29.2 Å². The second kappa shape index (κ2) is 6.22. The van der Waals surface area contributed by atoms with Crippen molar-refractivity contribution in [3.05, 3.63) is 65.2 Å². The molecule has 2 aliphatic rings. The van der Waals surface area contributed by atoms with Crippen molar-refractivity contribution in [2.45, 2.75) is 22.7 Å². The number of halogens is 2. The summed E-state index contributed by atoms with van der Waals surface area (Å²) >= 11 is 1.21. The van der Waals surface area contributed by atoms with Gasteiger partial charge in [0.15, 0.2) is 0 Å². The number of hydrogen-bond donors (Lipinski definition) is 0. The normalized spacial score (nSPS) is 17.3. The number of carbonyl (C=O) groups excluding carboxylic acids is 1. The second-order valence-corrected chi connectivity index (χ2v) is 7.24. The van der Waals surface area contributed by atoms with Crippen LogP contribution < -0.4 is 0 Å². The lowest BCUT2D eigenvalue weighted by Crippen LogP contribution is -2.30. The molecule has 4 rings (SSSR count). The Kier molecular flexibility index (Phi) is 4.03. The zero-order valence-electron chi connectivity index (χ0n) is 13.3. The van der Waals surface area contributed by atoms with E-state index in [2.05, 4.69) is 10.2 Å². The van der Waals surface area contributed by atoms with Crippen LogP contribution in [0.5, 0.6) is 0 Å². The molecule has 2 aromatic carbocycles. The molecule has 0 aliphatic carbocycles. The molecule has 2 aliphatic heterocycles. The fourth-order valence-corrected chi connectivity index (χ4v) is 3.81. The molecule has 4 nitrogen and oxygen atoms in total. The second-order valence-electron chi connectivity index (χ2n) is 6.22. The minimum atomic E-state index is -0.466. The summed E-state index contributed by atoms with van der Waals surface area (Å²) in [5.74, 6) is -0.501. The van der Waals surface area contributed by atoms with Crippen LogP contribution in [0.3, 0.4) is 0 Å². The van der Waals surface area contributed by atoms with Crippen LogP contribution in [-0.2, 0) is 5.75 Å². The first-order chi connectivity index (χ1) is 12.0. The van der Waals surface area contributed by atoms with Crippen LogP contribution in [0.15, 0.2) is 57.6 Å². The Morgan fingerprint density at radius 2 is 2.04 bits per heavy atom. The molecular formula is C18H15F2N3OS. The summed E-state index contributed by atoms with van der Waals surface area (Å²) in [6, 6.07) is 10.7. The van der Waals surface area contributed by atoms with Crippen LogP contribution in [0.1, 0.15) is 22.3 Å². The number of hydrogen-bond acceptors (Lipinski definition) is 4. The molecule has 1 fully saturated rings. The lowest BCUT2D eigenvalue weighted by molar-refractivity contribution is 0.0788. The molecule has 7 heteroatoms. The van der Waals surface area contributed by atoms with Gasteiger partial charge in [0.2, 0.25) is 5.66 Å². The number of amides is 1. The number of likely N-dealkylation sites (tertiary alicyclic amines) is 1. The molecule has 2 aromatic rings. The van der Waals surface area contributed by atoms with Crippen molar-refractivity contribution < 1.29 is 13.6 Å². The highest BCUT2D eigenvalue weighted by Gasteiger charge is 2.48. The first-order valence-electron chi connectivity index (χ1n) is 7.95. The van der Waals surface area contributed by atoms with Gasteiger partial charge in [0.05, 0.1) is 6.54 Å². The lowest BCUT2D eigenvalue weighted by Gasteiger charge is -2.15. The largest absolute Gasteiger partial charge is 0.334 e. The average molecular weight is 359 g/mol. The van der Waals surface area contributed by atoms with Gasteiger partial charge in [0.1, 0.15) is 11.6 Å². The van der Waals surface area contributed by atoms with Crippen LogP contribution in [0.25, 0.3) is 0 Å². The summed E-state index contributed by atoms with van der Waals surface area (Å²) in [4.78, 5) is 14.6. The van der Waals surface area contributed by atoms with Gasteiger partial charge in [-0.25, -0.2) is 8.78 Å². The first kappa shape index (κ1) is 16.2. The Bertz CT molecular complexity index is 865. The fourth-order valence-electron chi connectivity index (χ4n) is 2.91. The van der Waals surface area contributed by atoms with E-state index in [1.165, 1.54) is 17.8 Å². The zero-order chi connectivity index (χ0) is 17.4. The Labute approximate surface area is 147 Å². The quantitative estimate of drug-likeness (QED) is 0.766. The maximum atomic E-state index is 13.7. The first-order valence-corrected chi connectivity index (χ1v) is 8.93. The minimum Gasteiger partial charge on any atom is -0.334 e. The molecule has 2 heterocycles. The van der Waals surface area contributed by atoms with Crippen molar-refractivity contribution in [2.24, 2.45) is 10.2 Å². The third-order valence-corrected chi connectivity index (χ3v) is 5.46. The van der Waals surface area contributed by atoms with Crippen molar-refractivity contribution in [1.29, 1.82) is 0 Å². The highest BCUT2D eigenvalue weighted by atomic mass is 32.2. The van der Waals surface area contributed by atoms with Crippen LogP contribution >= 0.6 is 11.8 Å². The average Bonchev–Trinajstić information content (AvgIpc) is 3.24. The van der Waals surface area contributed by atoms with E-state index < -0.39 is 11.6 Å². The molecule has 0 saturated carbocycles. The van der Waals surface area contributed by atoms with E-state index in [-0.39, 0.29) is 16.5 Å². The topological polar surface area (TPSA) is 45.0 Å². The van der Waals surface area contributed by atoms with Crippen LogP contribution in [0.2, 0.25) is 0 Å². The van der Waals surface area contributed by atoms with Crippen molar-refractivity contribution in [1.82, 2.24) is 4.90 Å². The van der Waals surface area contributed by atoms with Gasteiger partial charge in [0.25, 0.3) is 5.91 Å². The highest BCUT2D eigenvalue weighted by molar-refractivity contribution is 7.98. The fraction of sp³-hybridized carbons (Fsp3) is 0.278. The SMILES string of the molecule is O=C(c1cccc(CSc2cc(F)ccc2F)c1)N1CCC2(C1)N=N2. The van der Waals surface area contributed by atoms with E-state index >= 15 is 0 Å². The Balaban J connectivity index is 1.44. The molecule has 1 spiro atoms. The molecule has 0 aromatic heterocycles. The Morgan fingerprint density at radius 3 is 2.80 bits per heavy atom. The molecule has 0 N–H and O–H groups in total. The molecule has 128 valence electrons. The number of benzene rings is 2. The number of rotatable bonds is 4. The predicted molar refractivity (Wildman–Crippen MR) is 90.5 cm³/mol. The van der Waals surface area contributed by atoms with Gasteiger partial charge in [-0.3, -0.25) is 4.79 Å². The summed E-state index contributed by atoms with van der Waals surface area (Å²) in [6.07, 6.45) is 0.785. The van der Waals surface area contributed by atoms with Crippen LogP contribution in [0.4, 0.5) is 8.78 Å². The molecule has 25 heavy (non-hydrogen) atoms. The summed E-state index contributed by atoms with van der Waals surface area (Å²) in [5.41, 5.74) is 1.14. The maximum Gasteiger partial charge on any atom is 0.254 e. The Morgan fingerprint density at radius 1 is 1.20 bits per heavy atom. The van der Waals surface area contributed by atoms with E-state index in [0.29, 0.717) is 24.4 Å². The third kappa shape index (κ3) is 3.42. The smallest absolute Gasteiger partial charge is 0.254 e. The zero-order valence-corrected chi connectivity index (χ0v) is 14.1. The predicted octanol–water partition coefficient (Wildman–Crippen LogP) is 4.27. The molecule has 0 atom stereocenters. The maximum absolute atomic E-state index is 13.7. The Hall–Kier alpha value is -2.28. The molecule has 0 unspecified atom stereocenters. The summed E-state index contributed by atoms with van der Waals surface area (Å²) in [6.45, 7) is 1.19. The van der Waals surface area contributed by atoms with Crippen molar-refractivity contribution >= 4 is 17.7 Å². The lowest BCUT2D eigenvalue weighted by atomic mass is 10.1. The van der Waals surface area contributed by atoms with Crippen molar-refractivity contribution in [3.63, 3.8) is 0 Å². The van der Waals surface area contributed by atoms with E-state index in [1.807, 2.05) is 12.1 Å². The summed E-state index contributed by atoms with van der Waals surface area (Å²) in [7, 11) is 0. The van der Waals surface area contributed by atoms with Gasteiger partial charge in [-0.1, -0.05) is 12.1 Å². The third-order valence-electron chi connectivity index (χ3n) is 4.36. The molecule has 0 radical (unpaired) electrons. The van der Waals surface area contributed by atoms with Gasteiger partial charge < -0.3 is 4.90 Å². The van der Waals surface area contributed by atoms with Gasteiger partial charge in [-0.05, 0) is 35.9 Å². The van der Waals surface area contributed by atoms with Crippen LogP contribution in [0, 0.1) is 11.6 Å². The number of nitrogens with zero attached hydrogens (tertiary/aromatic N) is 3. The van der Waals surface area contributed by atoms with Crippen molar-refractivity contribution in [3.8, 4) is 0 Å². The van der Waals surface area contributed by atoms with Crippen molar-refractivity contribution in [2.75, 3.05) is 13.1 Å². The van der Waals surface area contributed by atoms with Crippen LogP contribution in [-0.4, -0.2) is 29.6 Å². The van der Waals surface area contributed by atoms with E-state index in [0.717, 1.165) is 24.1 Å². The van der Waals surface area contributed by atoms with E-state index in [1.54, 1.807) is 17.0 Å². The standard InChI is InChI=1S/C18H15F2N3OS/c19-14-4-5-15(20)16(9-14)25-10-12-2-1-3-13(8-12)17(24)23-7-6-18(11-23)21-22-18/h1-5,8-9H,6-7,10-11H2. The monoisotopic (exact) mass is 359 g/mol.